The molecule has 1 unspecified atom stereocenters. The van der Waals surface area contributed by atoms with Crippen LogP contribution in [0.2, 0.25) is 0 Å². The molecule has 0 aromatic heterocycles. The van der Waals surface area contributed by atoms with Crippen molar-refractivity contribution >= 4 is 6.09 Å². The first-order chi connectivity index (χ1) is 11.2. The van der Waals surface area contributed by atoms with Crippen molar-refractivity contribution in [3.8, 4) is 0 Å². The molecule has 2 N–H and O–H groups in total. The van der Waals surface area contributed by atoms with Crippen molar-refractivity contribution in [2.45, 2.75) is 65.0 Å². The summed E-state index contributed by atoms with van der Waals surface area (Å²) in [4.78, 5) is 14.2. The van der Waals surface area contributed by atoms with Crippen LogP contribution in [-0.4, -0.2) is 46.4 Å². The van der Waals surface area contributed by atoms with E-state index in [1.54, 1.807) is 4.90 Å². The maximum absolute atomic E-state index is 12.5. The van der Waals surface area contributed by atoms with Gasteiger partial charge in [0, 0.05) is 13.1 Å². The molecule has 0 aliphatic carbocycles. The van der Waals surface area contributed by atoms with E-state index in [0.717, 1.165) is 5.56 Å². The van der Waals surface area contributed by atoms with Gasteiger partial charge in [-0.15, -0.1) is 0 Å². The van der Waals surface area contributed by atoms with Crippen molar-refractivity contribution in [1.29, 1.82) is 0 Å². The van der Waals surface area contributed by atoms with E-state index >= 15 is 0 Å². The maximum atomic E-state index is 12.5. The second-order valence-corrected chi connectivity index (χ2v) is 7.83. The van der Waals surface area contributed by atoms with E-state index in [2.05, 4.69) is 5.32 Å². The normalized spacial score (nSPS) is 24.5. The van der Waals surface area contributed by atoms with Crippen molar-refractivity contribution in [3.05, 3.63) is 35.9 Å². The van der Waals surface area contributed by atoms with Gasteiger partial charge in [-0.25, -0.2) is 4.79 Å². The topological polar surface area (TPSA) is 61.8 Å². The third-order valence-corrected chi connectivity index (χ3v) is 4.24. The molecule has 5 nitrogen and oxygen atoms in total. The number of ether oxygens (including phenoxy) is 1. The molecule has 1 heterocycles. The lowest BCUT2D eigenvalue weighted by atomic mass is 9.97. The number of rotatable bonds is 4. The van der Waals surface area contributed by atoms with Crippen LogP contribution in [0.25, 0.3) is 0 Å². The summed E-state index contributed by atoms with van der Waals surface area (Å²) in [5.41, 5.74) is 0.612. The Bertz CT molecular complexity index is 539. The summed E-state index contributed by atoms with van der Waals surface area (Å²) in [5, 5.41) is 14.1. The van der Waals surface area contributed by atoms with E-state index in [0.29, 0.717) is 13.1 Å². The number of hydrogen-bond donors (Lipinski definition) is 2. The van der Waals surface area contributed by atoms with Crippen LogP contribution in [0.4, 0.5) is 4.79 Å². The molecule has 134 valence electrons. The van der Waals surface area contributed by atoms with Gasteiger partial charge in [0.05, 0.1) is 18.2 Å². The molecule has 24 heavy (non-hydrogen) atoms. The lowest BCUT2D eigenvalue weighted by molar-refractivity contribution is 0.00855. The van der Waals surface area contributed by atoms with Crippen LogP contribution in [0.3, 0.4) is 0 Å². The number of likely N-dealkylation sites (tertiary alicyclic amines) is 1. The quantitative estimate of drug-likeness (QED) is 0.889. The van der Waals surface area contributed by atoms with Gasteiger partial charge in [-0.3, -0.25) is 0 Å². The molecule has 1 aliphatic rings. The van der Waals surface area contributed by atoms with Gasteiger partial charge in [-0.05, 0) is 32.3 Å². The highest BCUT2D eigenvalue weighted by Crippen LogP contribution is 2.27. The average molecular weight is 334 g/mol. The monoisotopic (exact) mass is 334 g/mol. The fourth-order valence-electron chi connectivity index (χ4n) is 3.17. The summed E-state index contributed by atoms with van der Waals surface area (Å²) in [7, 11) is 0. The number of nitrogens with one attached hydrogen (secondary N) is 1. The Morgan fingerprint density at radius 2 is 1.96 bits per heavy atom. The zero-order chi connectivity index (χ0) is 17.9. The van der Waals surface area contributed by atoms with Gasteiger partial charge >= 0.3 is 6.09 Å². The van der Waals surface area contributed by atoms with E-state index < -0.39 is 11.7 Å². The molecule has 1 fully saturated rings. The molecule has 0 spiro atoms. The van der Waals surface area contributed by atoms with Gasteiger partial charge in [-0.1, -0.05) is 44.2 Å². The first-order valence-corrected chi connectivity index (χ1v) is 8.64. The van der Waals surface area contributed by atoms with Gasteiger partial charge in [0.15, 0.2) is 0 Å². The number of hydrogen-bond acceptors (Lipinski definition) is 4. The van der Waals surface area contributed by atoms with Crippen molar-refractivity contribution in [2.75, 3.05) is 6.54 Å². The van der Waals surface area contributed by atoms with Gasteiger partial charge in [0.1, 0.15) is 5.60 Å². The molecule has 1 aliphatic heterocycles. The summed E-state index contributed by atoms with van der Waals surface area (Å²) in [5.74, 6) is 0.149. The Hall–Kier alpha value is -1.59. The fourth-order valence-corrected chi connectivity index (χ4v) is 3.17. The number of carbonyl (C=O) groups is 1. The summed E-state index contributed by atoms with van der Waals surface area (Å²) >= 11 is 0. The predicted octanol–water partition coefficient (Wildman–Crippen LogP) is 2.78. The van der Waals surface area contributed by atoms with Crippen molar-refractivity contribution < 1.29 is 14.6 Å². The van der Waals surface area contributed by atoms with Crippen LogP contribution >= 0.6 is 0 Å². The molecule has 1 aromatic carbocycles. The van der Waals surface area contributed by atoms with Crippen LogP contribution < -0.4 is 5.32 Å². The number of aliphatic hydroxyl groups is 1. The third-order valence-electron chi connectivity index (χ3n) is 4.24. The molecule has 5 heteroatoms. The van der Waals surface area contributed by atoms with Crippen molar-refractivity contribution in [1.82, 2.24) is 10.2 Å². The third kappa shape index (κ3) is 4.71. The van der Waals surface area contributed by atoms with Gasteiger partial charge in [-0.2, -0.15) is 0 Å². The zero-order valence-corrected chi connectivity index (χ0v) is 15.3. The number of aliphatic hydroxyl groups excluding tert-OH is 1. The standard InChI is InChI=1S/C19H30N2O3/c1-13(2)16-17(22)15(20-11-14-9-7-6-8-10-14)12-21(16)18(23)24-19(3,4)5/h6-10,13,15-17,20,22H,11-12H2,1-5H3/t15-,16?,17-/m0/s1. The molecule has 3 atom stereocenters. The van der Waals surface area contributed by atoms with Gasteiger partial charge in [0.2, 0.25) is 0 Å². The fraction of sp³-hybridized carbons (Fsp3) is 0.632. The van der Waals surface area contributed by atoms with Crippen LogP contribution in [-0.2, 0) is 11.3 Å². The largest absolute Gasteiger partial charge is 0.444 e. The van der Waals surface area contributed by atoms with Gasteiger partial charge < -0.3 is 20.1 Å². The zero-order valence-electron chi connectivity index (χ0n) is 15.3. The Kier molecular flexibility index (Phi) is 5.88. The lowest BCUT2D eigenvalue weighted by Crippen LogP contribution is -2.45. The average Bonchev–Trinajstić information content (AvgIpc) is 2.81. The first-order valence-electron chi connectivity index (χ1n) is 8.64. The molecule has 2 rings (SSSR count). The highest BCUT2D eigenvalue weighted by molar-refractivity contribution is 5.69. The highest BCUT2D eigenvalue weighted by atomic mass is 16.6. The van der Waals surface area contributed by atoms with Crippen molar-refractivity contribution in [3.63, 3.8) is 0 Å². The minimum absolute atomic E-state index is 0.149. The first kappa shape index (κ1) is 18.7. The molecule has 0 saturated carbocycles. The Morgan fingerprint density at radius 1 is 1.33 bits per heavy atom. The minimum Gasteiger partial charge on any atom is -0.444 e. The van der Waals surface area contributed by atoms with E-state index in [9.17, 15) is 9.90 Å². The van der Waals surface area contributed by atoms with Crippen molar-refractivity contribution in [2.24, 2.45) is 5.92 Å². The predicted molar refractivity (Wildman–Crippen MR) is 94.6 cm³/mol. The smallest absolute Gasteiger partial charge is 0.410 e. The molecular formula is C19H30N2O3. The highest BCUT2D eigenvalue weighted by Gasteiger charge is 2.45. The summed E-state index contributed by atoms with van der Waals surface area (Å²) in [6.07, 6.45) is -0.967. The number of carbonyl (C=O) groups excluding carboxylic acids is 1. The maximum Gasteiger partial charge on any atom is 0.410 e. The summed E-state index contributed by atoms with van der Waals surface area (Å²) < 4.78 is 5.51. The second-order valence-electron chi connectivity index (χ2n) is 7.83. The Balaban J connectivity index is 2.05. The Morgan fingerprint density at radius 3 is 2.50 bits per heavy atom. The molecule has 0 bridgehead atoms. The van der Waals surface area contributed by atoms with E-state index in [1.807, 2.05) is 65.0 Å². The summed E-state index contributed by atoms with van der Waals surface area (Å²) in [6, 6.07) is 9.64. The van der Waals surface area contributed by atoms with Crippen LogP contribution in [0.5, 0.6) is 0 Å². The summed E-state index contributed by atoms with van der Waals surface area (Å²) in [6.45, 7) is 10.7. The van der Waals surface area contributed by atoms with Crippen LogP contribution in [0.1, 0.15) is 40.2 Å². The van der Waals surface area contributed by atoms with E-state index in [-0.39, 0.29) is 24.1 Å². The van der Waals surface area contributed by atoms with E-state index in [4.69, 9.17) is 4.74 Å². The number of nitrogens with zero attached hydrogens (tertiary/aromatic N) is 1. The minimum atomic E-state index is -0.610. The molecule has 0 radical (unpaired) electrons. The molecule has 1 amide bonds. The number of benzene rings is 1. The van der Waals surface area contributed by atoms with E-state index in [1.165, 1.54) is 0 Å². The molecule has 1 saturated heterocycles. The van der Waals surface area contributed by atoms with Crippen LogP contribution in [0, 0.1) is 5.92 Å². The number of amides is 1. The lowest BCUT2D eigenvalue weighted by Gasteiger charge is -2.31. The SMILES string of the molecule is CC(C)C1[C@@H](O)[C@@H](NCc2ccccc2)CN1C(=O)OC(C)(C)C. The molecule has 1 aromatic rings. The molecular weight excluding hydrogens is 304 g/mol. The Labute approximate surface area is 145 Å². The van der Waals surface area contributed by atoms with Crippen LogP contribution in [0.15, 0.2) is 30.3 Å². The second kappa shape index (κ2) is 7.53. The van der Waals surface area contributed by atoms with Gasteiger partial charge in [0.25, 0.3) is 0 Å².